The third-order valence-electron chi connectivity index (χ3n) is 3.09. The van der Waals surface area contributed by atoms with Crippen molar-refractivity contribution in [1.82, 2.24) is 0 Å². The van der Waals surface area contributed by atoms with Gasteiger partial charge in [-0.05, 0) is 49.7 Å². The summed E-state index contributed by atoms with van der Waals surface area (Å²) in [5, 5.41) is 13.1. The highest BCUT2D eigenvalue weighted by Gasteiger charge is 2.17. The molecule has 20 heavy (non-hydrogen) atoms. The Morgan fingerprint density at radius 2 is 1.90 bits per heavy atom. The molecule has 106 valence electrons. The molecule has 2 rings (SSSR count). The highest BCUT2D eigenvalue weighted by Crippen LogP contribution is 2.34. The van der Waals surface area contributed by atoms with Crippen LogP contribution in [0.3, 0.4) is 0 Å². The van der Waals surface area contributed by atoms with Gasteiger partial charge in [-0.2, -0.15) is 0 Å². The Hall–Kier alpha value is -1.45. The van der Waals surface area contributed by atoms with E-state index in [1.807, 2.05) is 6.92 Å². The molecule has 1 unspecified atom stereocenters. The topological polar surface area (TPSA) is 32.3 Å². The smallest absolute Gasteiger partial charge is 0.142 e. The Morgan fingerprint density at radius 3 is 2.55 bits per heavy atom. The van der Waals surface area contributed by atoms with Gasteiger partial charge < -0.3 is 10.4 Å². The molecular formula is C15H14Cl2FNO. The van der Waals surface area contributed by atoms with Crippen LogP contribution in [0.15, 0.2) is 30.3 Å². The van der Waals surface area contributed by atoms with Gasteiger partial charge in [-0.15, -0.1) is 0 Å². The van der Waals surface area contributed by atoms with E-state index in [2.05, 4.69) is 5.32 Å². The summed E-state index contributed by atoms with van der Waals surface area (Å²) in [5.41, 5.74) is 2.06. The molecule has 2 aromatic carbocycles. The lowest BCUT2D eigenvalue weighted by Gasteiger charge is -2.19. The van der Waals surface area contributed by atoms with Crippen molar-refractivity contribution in [1.29, 1.82) is 0 Å². The molecule has 1 atom stereocenters. The lowest BCUT2D eigenvalue weighted by atomic mass is 10.1. The highest BCUT2D eigenvalue weighted by atomic mass is 35.5. The monoisotopic (exact) mass is 313 g/mol. The van der Waals surface area contributed by atoms with Crippen LogP contribution in [0.2, 0.25) is 10.0 Å². The Morgan fingerprint density at radius 1 is 1.20 bits per heavy atom. The average Bonchev–Trinajstić information content (AvgIpc) is 2.39. The molecule has 2 aromatic rings. The Balaban J connectivity index is 2.30. The normalized spacial score (nSPS) is 12.2. The molecule has 0 saturated heterocycles. The summed E-state index contributed by atoms with van der Waals surface area (Å²) >= 11 is 12.1. The van der Waals surface area contributed by atoms with Gasteiger partial charge in [0, 0.05) is 16.3 Å². The second kappa shape index (κ2) is 5.90. The fraction of sp³-hybridized carbons (Fsp3) is 0.200. The number of rotatable bonds is 3. The van der Waals surface area contributed by atoms with E-state index in [4.69, 9.17) is 23.2 Å². The van der Waals surface area contributed by atoms with Crippen LogP contribution < -0.4 is 5.32 Å². The molecule has 2 nitrogen and oxygen atoms in total. The van der Waals surface area contributed by atoms with Crippen LogP contribution in [0, 0.1) is 12.7 Å². The summed E-state index contributed by atoms with van der Waals surface area (Å²) in [5.74, 6) is -0.272. The minimum atomic E-state index is -0.499. The average molecular weight is 314 g/mol. The SMILES string of the molecule is Cc1cc(NC(C)c2c(Cl)ccc(F)c2Cl)ccc1O. The van der Waals surface area contributed by atoms with Crippen LogP contribution >= 0.6 is 23.2 Å². The van der Waals surface area contributed by atoms with Crippen molar-refractivity contribution >= 4 is 28.9 Å². The largest absolute Gasteiger partial charge is 0.508 e. The number of hydrogen-bond acceptors (Lipinski definition) is 2. The van der Waals surface area contributed by atoms with Gasteiger partial charge >= 0.3 is 0 Å². The van der Waals surface area contributed by atoms with E-state index in [0.717, 1.165) is 11.3 Å². The van der Waals surface area contributed by atoms with Crippen molar-refractivity contribution < 1.29 is 9.50 Å². The fourth-order valence-corrected chi connectivity index (χ4v) is 2.71. The van der Waals surface area contributed by atoms with E-state index in [0.29, 0.717) is 10.6 Å². The standard InChI is InChI=1S/C15H14Cl2FNO/c1-8-7-10(3-6-13(8)20)19-9(2)14-11(16)4-5-12(18)15(14)17/h3-7,9,19-20H,1-2H3. The van der Waals surface area contributed by atoms with Gasteiger partial charge in [0.15, 0.2) is 0 Å². The second-order valence-electron chi connectivity index (χ2n) is 4.62. The van der Waals surface area contributed by atoms with Crippen LogP contribution in [-0.2, 0) is 0 Å². The summed E-state index contributed by atoms with van der Waals surface area (Å²) < 4.78 is 13.5. The molecule has 0 radical (unpaired) electrons. The molecule has 0 heterocycles. The van der Waals surface area contributed by atoms with Gasteiger partial charge in [0.25, 0.3) is 0 Å². The predicted octanol–water partition coefficient (Wildman–Crippen LogP) is 5.32. The zero-order chi connectivity index (χ0) is 14.9. The quantitative estimate of drug-likeness (QED) is 0.593. The Kier molecular flexibility index (Phi) is 4.41. The summed E-state index contributed by atoms with van der Waals surface area (Å²) in [6.45, 7) is 3.64. The molecule has 0 bridgehead atoms. The van der Waals surface area contributed by atoms with Gasteiger partial charge in [0.2, 0.25) is 0 Å². The maximum Gasteiger partial charge on any atom is 0.142 e. The number of nitrogens with one attached hydrogen (secondary N) is 1. The van der Waals surface area contributed by atoms with Crippen molar-refractivity contribution in [3.05, 3.63) is 57.3 Å². The van der Waals surface area contributed by atoms with E-state index < -0.39 is 5.82 Å². The molecule has 0 saturated carbocycles. The van der Waals surface area contributed by atoms with Gasteiger partial charge in [0.1, 0.15) is 11.6 Å². The molecule has 2 N–H and O–H groups in total. The highest BCUT2D eigenvalue weighted by molar-refractivity contribution is 6.36. The lowest BCUT2D eigenvalue weighted by Crippen LogP contribution is -2.08. The summed E-state index contributed by atoms with van der Waals surface area (Å²) in [6, 6.07) is 7.59. The van der Waals surface area contributed by atoms with Gasteiger partial charge in [0.05, 0.1) is 11.1 Å². The van der Waals surface area contributed by atoms with Crippen molar-refractivity contribution in [3.63, 3.8) is 0 Å². The van der Waals surface area contributed by atoms with E-state index in [-0.39, 0.29) is 16.8 Å². The number of hydrogen-bond donors (Lipinski definition) is 2. The summed E-state index contributed by atoms with van der Waals surface area (Å²) in [6.07, 6.45) is 0. The summed E-state index contributed by atoms with van der Waals surface area (Å²) in [4.78, 5) is 0. The van der Waals surface area contributed by atoms with Gasteiger partial charge in [-0.1, -0.05) is 23.2 Å². The molecule has 5 heteroatoms. The van der Waals surface area contributed by atoms with Crippen LogP contribution in [0.5, 0.6) is 5.75 Å². The maximum absolute atomic E-state index is 13.5. The Labute approximate surface area is 127 Å². The molecule has 0 aliphatic heterocycles. The second-order valence-corrected chi connectivity index (χ2v) is 5.41. The van der Waals surface area contributed by atoms with Crippen LogP contribution in [0.4, 0.5) is 10.1 Å². The van der Waals surface area contributed by atoms with Gasteiger partial charge in [-0.3, -0.25) is 0 Å². The number of halogens is 3. The number of benzene rings is 2. The Bertz CT molecular complexity index is 646. The van der Waals surface area contributed by atoms with Crippen LogP contribution in [-0.4, -0.2) is 5.11 Å². The fourth-order valence-electron chi connectivity index (χ4n) is 2.01. The molecule has 0 aliphatic rings. The molecule has 0 spiro atoms. The number of phenolic OH excluding ortho intramolecular Hbond substituents is 1. The first-order chi connectivity index (χ1) is 9.40. The molecule has 0 aromatic heterocycles. The number of phenols is 1. The van der Waals surface area contributed by atoms with Crippen molar-refractivity contribution in [3.8, 4) is 5.75 Å². The third kappa shape index (κ3) is 3.00. The van der Waals surface area contributed by atoms with Gasteiger partial charge in [-0.25, -0.2) is 4.39 Å². The van der Waals surface area contributed by atoms with E-state index in [9.17, 15) is 9.50 Å². The number of aromatic hydroxyl groups is 1. The molecule has 0 amide bonds. The van der Waals surface area contributed by atoms with E-state index >= 15 is 0 Å². The zero-order valence-corrected chi connectivity index (χ0v) is 12.6. The van der Waals surface area contributed by atoms with Crippen molar-refractivity contribution in [2.45, 2.75) is 19.9 Å². The number of aryl methyl sites for hydroxylation is 1. The van der Waals surface area contributed by atoms with Crippen molar-refractivity contribution in [2.75, 3.05) is 5.32 Å². The molecule has 0 fully saturated rings. The van der Waals surface area contributed by atoms with Crippen molar-refractivity contribution in [2.24, 2.45) is 0 Å². The first-order valence-electron chi connectivity index (χ1n) is 6.09. The summed E-state index contributed by atoms with van der Waals surface area (Å²) in [7, 11) is 0. The first-order valence-corrected chi connectivity index (χ1v) is 6.85. The molecular weight excluding hydrogens is 300 g/mol. The first kappa shape index (κ1) is 14.9. The lowest BCUT2D eigenvalue weighted by molar-refractivity contribution is 0.471. The predicted molar refractivity (Wildman–Crippen MR) is 81.3 cm³/mol. The number of anilines is 1. The molecule has 0 aliphatic carbocycles. The van der Waals surface area contributed by atoms with E-state index in [1.165, 1.54) is 12.1 Å². The maximum atomic E-state index is 13.5. The van der Waals surface area contributed by atoms with E-state index in [1.54, 1.807) is 25.1 Å². The minimum Gasteiger partial charge on any atom is -0.508 e. The minimum absolute atomic E-state index is 0.0213. The van der Waals surface area contributed by atoms with Crippen LogP contribution in [0.1, 0.15) is 24.1 Å². The zero-order valence-electron chi connectivity index (χ0n) is 11.0. The van der Waals surface area contributed by atoms with Crippen LogP contribution in [0.25, 0.3) is 0 Å². The third-order valence-corrected chi connectivity index (χ3v) is 3.81.